The molecule has 90 valence electrons. The van der Waals surface area contributed by atoms with Gasteiger partial charge < -0.3 is 5.11 Å². The summed E-state index contributed by atoms with van der Waals surface area (Å²) in [6.07, 6.45) is -0.416. The monoisotopic (exact) mass is 328 g/mol. The van der Waals surface area contributed by atoms with Crippen LogP contribution >= 0.6 is 39.0 Å². The Morgan fingerprint density at radius 1 is 1.41 bits per heavy atom. The zero-order valence-electron chi connectivity index (χ0n) is 9.39. The standard InChI is InChI=1S/C13H13BrOS2/c1-9-3-2-4-10(5-9)17-8-13(15)11-6-16-7-12(11)14/h2-7,13,15H,8H2,1H3. The summed E-state index contributed by atoms with van der Waals surface area (Å²) in [5.74, 6) is 0.679. The third-order valence-corrected chi connectivity index (χ3v) is 5.22. The minimum absolute atomic E-state index is 0.416. The van der Waals surface area contributed by atoms with Crippen molar-refractivity contribution in [3.05, 3.63) is 50.6 Å². The third kappa shape index (κ3) is 3.58. The number of halogens is 1. The smallest absolute Gasteiger partial charge is 0.0902 e. The van der Waals surface area contributed by atoms with E-state index >= 15 is 0 Å². The molecular weight excluding hydrogens is 316 g/mol. The Kier molecular flexibility index (Phi) is 4.68. The third-order valence-electron chi connectivity index (χ3n) is 2.40. The van der Waals surface area contributed by atoms with Crippen molar-refractivity contribution in [2.45, 2.75) is 17.9 Å². The first-order valence-corrected chi connectivity index (χ1v) is 7.98. The molecule has 0 bridgehead atoms. The number of hydrogen-bond donors (Lipinski definition) is 1. The lowest BCUT2D eigenvalue weighted by molar-refractivity contribution is 0.204. The van der Waals surface area contributed by atoms with E-state index in [1.165, 1.54) is 10.5 Å². The number of rotatable bonds is 4. The minimum Gasteiger partial charge on any atom is -0.387 e. The quantitative estimate of drug-likeness (QED) is 0.824. The lowest BCUT2D eigenvalue weighted by Gasteiger charge is -2.09. The molecule has 1 nitrogen and oxygen atoms in total. The SMILES string of the molecule is Cc1cccc(SCC(O)c2cscc2Br)c1. The molecule has 17 heavy (non-hydrogen) atoms. The summed E-state index contributed by atoms with van der Waals surface area (Å²) in [5.41, 5.74) is 2.23. The van der Waals surface area contributed by atoms with Crippen LogP contribution in [0.2, 0.25) is 0 Å². The molecule has 1 heterocycles. The van der Waals surface area contributed by atoms with Gasteiger partial charge >= 0.3 is 0 Å². The van der Waals surface area contributed by atoms with E-state index in [2.05, 4.69) is 41.1 Å². The highest BCUT2D eigenvalue weighted by Gasteiger charge is 2.12. The maximum Gasteiger partial charge on any atom is 0.0902 e. The molecule has 1 unspecified atom stereocenters. The Hall–Kier alpha value is -0.290. The van der Waals surface area contributed by atoms with Gasteiger partial charge in [-0.3, -0.25) is 0 Å². The van der Waals surface area contributed by atoms with Crippen LogP contribution in [0.25, 0.3) is 0 Å². The zero-order chi connectivity index (χ0) is 12.3. The summed E-state index contributed by atoms with van der Waals surface area (Å²) < 4.78 is 1.000. The highest BCUT2D eigenvalue weighted by molar-refractivity contribution is 9.10. The molecule has 2 aromatic rings. The van der Waals surface area contributed by atoms with E-state index in [9.17, 15) is 5.11 Å². The van der Waals surface area contributed by atoms with Gasteiger partial charge in [0.2, 0.25) is 0 Å². The predicted molar refractivity (Wildman–Crippen MR) is 78.9 cm³/mol. The number of aliphatic hydroxyl groups excluding tert-OH is 1. The molecule has 0 aliphatic heterocycles. The van der Waals surface area contributed by atoms with E-state index in [0.717, 1.165) is 10.0 Å². The second-order valence-electron chi connectivity index (χ2n) is 3.82. The van der Waals surface area contributed by atoms with E-state index in [0.29, 0.717) is 5.75 Å². The molecule has 0 saturated carbocycles. The molecule has 1 N–H and O–H groups in total. The molecule has 0 saturated heterocycles. The summed E-state index contributed by atoms with van der Waals surface area (Å²) >= 11 is 6.73. The van der Waals surface area contributed by atoms with E-state index in [4.69, 9.17) is 0 Å². The van der Waals surface area contributed by atoms with Crippen molar-refractivity contribution in [3.8, 4) is 0 Å². The lowest BCUT2D eigenvalue weighted by Crippen LogP contribution is -1.99. The fourth-order valence-corrected chi connectivity index (χ4v) is 4.08. The molecule has 0 radical (unpaired) electrons. The Morgan fingerprint density at radius 2 is 2.24 bits per heavy atom. The van der Waals surface area contributed by atoms with Gasteiger partial charge in [-0.05, 0) is 40.4 Å². The Labute approximate surface area is 118 Å². The Bertz CT molecular complexity index is 496. The highest BCUT2D eigenvalue weighted by atomic mass is 79.9. The molecule has 0 spiro atoms. The van der Waals surface area contributed by atoms with Crippen LogP contribution in [0.15, 0.2) is 44.4 Å². The predicted octanol–water partition coefficient (Wildman–Crippen LogP) is 4.64. The van der Waals surface area contributed by atoms with Gasteiger partial charge in [0.15, 0.2) is 0 Å². The molecule has 0 fully saturated rings. The van der Waals surface area contributed by atoms with Crippen LogP contribution in [0, 0.1) is 6.92 Å². The van der Waals surface area contributed by atoms with E-state index in [-0.39, 0.29) is 0 Å². The van der Waals surface area contributed by atoms with Crippen molar-refractivity contribution in [1.82, 2.24) is 0 Å². The normalized spacial score (nSPS) is 12.6. The zero-order valence-corrected chi connectivity index (χ0v) is 12.6. The Morgan fingerprint density at radius 3 is 2.88 bits per heavy atom. The average Bonchev–Trinajstić information content (AvgIpc) is 2.72. The van der Waals surface area contributed by atoms with E-state index in [1.807, 2.05) is 16.8 Å². The second kappa shape index (κ2) is 6.05. The van der Waals surface area contributed by atoms with Crippen molar-refractivity contribution >= 4 is 39.0 Å². The maximum absolute atomic E-state index is 10.1. The first-order chi connectivity index (χ1) is 8.16. The minimum atomic E-state index is -0.416. The van der Waals surface area contributed by atoms with Crippen LogP contribution in [0.1, 0.15) is 17.2 Å². The van der Waals surface area contributed by atoms with Gasteiger partial charge in [0.1, 0.15) is 0 Å². The summed E-state index contributed by atoms with van der Waals surface area (Å²) in [6, 6.07) is 8.34. The Balaban J connectivity index is 1.97. The van der Waals surface area contributed by atoms with Crippen molar-refractivity contribution in [2.75, 3.05) is 5.75 Å². The van der Waals surface area contributed by atoms with Crippen LogP contribution in [0.3, 0.4) is 0 Å². The summed E-state index contributed by atoms with van der Waals surface area (Å²) in [7, 11) is 0. The van der Waals surface area contributed by atoms with Crippen LogP contribution in [-0.4, -0.2) is 10.9 Å². The van der Waals surface area contributed by atoms with Crippen molar-refractivity contribution < 1.29 is 5.11 Å². The highest BCUT2D eigenvalue weighted by Crippen LogP contribution is 2.31. The van der Waals surface area contributed by atoms with Gasteiger partial charge in [0.25, 0.3) is 0 Å². The number of thioether (sulfide) groups is 1. The summed E-state index contributed by atoms with van der Waals surface area (Å²) in [5, 5.41) is 14.1. The van der Waals surface area contributed by atoms with E-state index < -0.39 is 6.10 Å². The molecule has 1 aromatic heterocycles. The fraction of sp³-hybridized carbons (Fsp3) is 0.231. The van der Waals surface area contributed by atoms with E-state index in [1.54, 1.807) is 23.1 Å². The average molecular weight is 329 g/mol. The largest absolute Gasteiger partial charge is 0.387 e. The topological polar surface area (TPSA) is 20.2 Å². The number of aryl methyl sites for hydroxylation is 1. The first kappa shape index (κ1) is 13.1. The van der Waals surface area contributed by atoms with Crippen LogP contribution in [0.4, 0.5) is 0 Å². The fourth-order valence-electron chi connectivity index (χ4n) is 1.50. The molecule has 0 amide bonds. The molecule has 1 atom stereocenters. The molecule has 0 aliphatic carbocycles. The van der Waals surface area contributed by atoms with Gasteiger partial charge in [-0.2, -0.15) is 11.3 Å². The van der Waals surface area contributed by atoms with Crippen LogP contribution in [0.5, 0.6) is 0 Å². The molecule has 4 heteroatoms. The van der Waals surface area contributed by atoms with Gasteiger partial charge in [-0.15, -0.1) is 11.8 Å². The lowest BCUT2D eigenvalue weighted by atomic mass is 10.2. The summed E-state index contributed by atoms with van der Waals surface area (Å²) in [6.45, 7) is 2.08. The molecule has 0 aliphatic rings. The molecule has 2 rings (SSSR count). The van der Waals surface area contributed by atoms with Crippen LogP contribution < -0.4 is 0 Å². The van der Waals surface area contributed by atoms with Gasteiger partial charge in [-0.1, -0.05) is 17.7 Å². The van der Waals surface area contributed by atoms with Crippen molar-refractivity contribution in [3.63, 3.8) is 0 Å². The number of hydrogen-bond acceptors (Lipinski definition) is 3. The first-order valence-electron chi connectivity index (χ1n) is 5.26. The van der Waals surface area contributed by atoms with Crippen molar-refractivity contribution in [1.29, 1.82) is 0 Å². The molecular formula is C13H13BrOS2. The number of aliphatic hydroxyl groups is 1. The number of thiophene rings is 1. The van der Waals surface area contributed by atoms with Gasteiger partial charge in [0.05, 0.1) is 6.10 Å². The van der Waals surface area contributed by atoms with Gasteiger partial charge in [0, 0.05) is 26.1 Å². The number of benzene rings is 1. The maximum atomic E-state index is 10.1. The van der Waals surface area contributed by atoms with Gasteiger partial charge in [-0.25, -0.2) is 0 Å². The van der Waals surface area contributed by atoms with Crippen LogP contribution in [-0.2, 0) is 0 Å². The van der Waals surface area contributed by atoms with Crippen molar-refractivity contribution in [2.24, 2.45) is 0 Å². The molecule has 1 aromatic carbocycles. The summed E-state index contributed by atoms with van der Waals surface area (Å²) in [4.78, 5) is 1.20. The second-order valence-corrected chi connectivity index (χ2v) is 6.51.